The molecule has 0 radical (unpaired) electrons. The van der Waals surface area contributed by atoms with Gasteiger partial charge in [-0.05, 0) is 55.3 Å². The van der Waals surface area contributed by atoms with Gasteiger partial charge in [-0.3, -0.25) is 9.59 Å². The van der Waals surface area contributed by atoms with Crippen LogP contribution in [-0.4, -0.2) is 46.6 Å². The van der Waals surface area contributed by atoms with Crippen LogP contribution >= 0.6 is 0 Å². The van der Waals surface area contributed by atoms with E-state index < -0.39 is 18.3 Å². The van der Waals surface area contributed by atoms with Gasteiger partial charge in [0.25, 0.3) is 0 Å². The Morgan fingerprint density at radius 1 is 1.03 bits per heavy atom. The predicted octanol–water partition coefficient (Wildman–Crippen LogP) is 2.75. The summed E-state index contributed by atoms with van der Waals surface area (Å²) in [4.78, 5) is 22.9. The Labute approximate surface area is 172 Å². The molecule has 0 spiro atoms. The summed E-state index contributed by atoms with van der Waals surface area (Å²) in [5, 5.41) is 22.1. The second-order valence-electron chi connectivity index (χ2n) is 10.2. The summed E-state index contributed by atoms with van der Waals surface area (Å²) in [7, 11) is 0. The summed E-state index contributed by atoms with van der Waals surface area (Å²) in [5.74, 6) is -0.148. The largest absolute Gasteiger partial charge is 0.462 e. The zero-order chi connectivity index (χ0) is 21.1. The van der Waals surface area contributed by atoms with E-state index in [2.05, 4.69) is 13.8 Å². The van der Waals surface area contributed by atoms with Gasteiger partial charge in [0.2, 0.25) is 0 Å². The average Bonchev–Trinajstić information content (AvgIpc) is 2.87. The molecule has 6 heteroatoms. The van der Waals surface area contributed by atoms with Gasteiger partial charge in [-0.2, -0.15) is 0 Å². The summed E-state index contributed by atoms with van der Waals surface area (Å²) >= 11 is 0. The minimum Gasteiger partial charge on any atom is -0.462 e. The standard InChI is InChI=1S/C23H34O6/c1-12(24)28-15-5-7-22(3)14(9-15)10-18(26)20-16(22)6-8-23(4)17(20)11-19(21(23)27)29-13(2)25/h10,15-21,26-27H,5-9,11H2,1-4H3/t15-,16?,17-,18-,19?,20+,21-,22-,23-/m0/s1. The van der Waals surface area contributed by atoms with Crippen molar-refractivity contribution < 1.29 is 29.3 Å². The number of fused-ring (bicyclic) bond motifs is 5. The smallest absolute Gasteiger partial charge is 0.302 e. The third-order valence-electron chi connectivity index (χ3n) is 8.69. The topological polar surface area (TPSA) is 93.1 Å². The van der Waals surface area contributed by atoms with Gasteiger partial charge in [0, 0.05) is 25.7 Å². The van der Waals surface area contributed by atoms with E-state index in [1.165, 1.54) is 19.4 Å². The van der Waals surface area contributed by atoms with Crippen molar-refractivity contribution in [1.82, 2.24) is 0 Å². The molecule has 0 aromatic heterocycles. The van der Waals surface area contributed by atoms with E-state index in [4.69, 9.17) is 9.47 Å². The van der Waals surface area contributed by atoms with Crippen LogP contribution in [0.3, 0.4) is 0 Å². The van der Waals surface area contributed by atoms with Gasteiger partial charge >= 0.3 is 11.9 Å². The van der Waals surface area contributed by atoms with Gasteiger partial charge in [-0.25, -0.2) is 0 Å². The highest BCUT2D eigenvalue weighted by Crippen LogP contribution is 2.65. The first kappa shape index (κ1) is 20.9. The lowest BCUT2D eigenvalue weighted by Gasteiger charge is -2.58. The molecular weight excluding hydrogens is 372 g/mol. The first-order valence-corrected chi connectivity index (χ1v) is 11.0. The van der Waals surface area contributed by atoms with Gasteiger partial charge in [0.05, 0.1) is 12.2 Å². The second kappa shape index (κ2) is 7.09. The molecule has 0 aromatic rings. The van der Waals surface area contributed by atoms with Crippen molar-refractivity contribution in [3.8, 4) is 0 Å². The number of carbonyl (C=O) groups is 2. The van der Waals surface area contributed by atoms with E-state index in [1.54, 1.807) is 0 Å². The molecule has 0 saturated heterocycles. The first-order valence-electron chi connectivity index (χ1n) is 11.0. The van der Waals surface area contributed by atoms with Crippen LogP contribution in [0.1, 0.15) is 66.2 Å². The van der Waals surface area contributed by atoms with E-state index in [-0.39, 0.29) is 40.7 Å². The lowest BCUT2D eigenvalue weighted by Crippen LogP contribution is -2.55. The van der Waals surface area contributed by atoms with Gasteiger partial charge in [-0.1, -0.05) is 25.5 Å². The molecule has 0 aromatic carbocycles. The Bertz CT molecular complexity index is 731. The van der Waals surface area contributed by atoms with E-state index in [1.807, 2.05) is 6.08 Å². The van der Waals surface area contributed by atoms with Gasteiger partial charge in [-0.15, -0.1) is 0 Å². The average molecular weight is 407 g/mol. The Morgan fingerprint density at radius 2 is 1.72 bits per heavy atom. The fraction of sp³-hybridized carbons (Fsp3) is 0.826. The number of rotatable bonds is 2. The van der Waals surface area contributed by atoms with Gasteiger partial charge in [0.15, 0.2) is 0 Å². The normalized spacial score (nSPS) is 48.6. The number of aliphatic hydroxyl groups excluding tert-OH is 2. The van der Waals surface area contributed by atoms with Crippen molar-refractivity contribution in [1.29, 1.82) is 0 Å². The molecule has 0 amide bonds. The van der Waals surface area contributed by atoms with E-state index in [0.29, 0.717) is 18.8 Å². The third-order valence-corrected chi connectivity index (χ3v) is 8.69. The molecule has 4 aliphatic carbocycles. The van der Waals surface area contributed by atoms with Crippen molar-refractivity contribution >= 4 is 11.9 Å². The number of hydrogen-bond acceptors (Lipinski definition) is 6. The Kier molecular flexibility index (Phi) is 5.10. The third kappa shape index (κ3) is 3.23. The lowest BCUT2D eigenvalue weighted by molar-refractivity contribution is -0.155. The maximum absolute atomic E-state index is 11.5. The molecule has 0 heterocycles. The molecule has 0 aliphatic heterocycles. The molecule has 6 nitrogen and oxygen atoms in total. The SMILES string of the molecule is CC(=O)OC1C[C@H]2[C@H]3C(CC[C@]2(C)[C@H]1O)[C@@]1(C)CC[C@H](OC(C)=O)CC1=C[C@@H]3O. The molecular formula is C23H34O6. The van der Waals surface area contributed by atoms with Crippen molar-refractivity contribution in [2.75, 3.05) is 0 Å². The molecule has 0 bridgehead atoms. The quantitative estimate of drug-likeness (QED) is 0.541. The van der Waals surface area contributed by atoms with Crippen molar-refractivity contribution in [3.05, 3.63) is 11.6 Å². The summed E-state index contributed by atoms with van der Waals surface area (Å²) in [5.41, 5.74) is 0.841. The molecule has 3 fully saturated rings. The van der Waals surface area contributed by atoms with Gasteiger partial charge in [0.1, 0.15) is 12.2 Å². The minimum absolute atomic E-state index is 0.0215. The number of carbonyl (C=O) groups excluding carboxylic acids is 2. The maximum atomic E-state index is 11.5. The zero-order valence-corrected chi connectivity index (χ0v) is 17.9. The lowest BCUT2D eigenvalue weighted by atomic mass is 9.47. The van der Waals surface area contributed by atoms with Crippen LogP contribution in [0.4, 0.5) is 0 Å². The van der Waals surface area contributed by atoms with E-state index in [9.17, 15) is 19.8 Å². The number of esters is 2. The van der Waals surface area contributed by atoms with Crippen molar-refractivity contribution in [2.24, 2.45) is 28.6 Å². The molecule has 2 unspecified atom stereocenters. The highest BCUT2D eigenvalue weighted by atomic mass is 16.6. The fourth-order valence-electron chi connectivity index (χ4n) is 7.24. The first-order chi connectivity index (χ1) is 13.6. The van der Waals surface area contributed by atoms with Crippen LogP contribution < -0.4 is 0 Å². The van der Waals surface area contributed by atoms with Crippen LogP contribution in [-0.2, 0) is 19.1 Å². The van der Waals surface area contributed by atoms with E-state index >= 15 is 0 Å². The molecule has 29 heavy (non-hydrogen) atoms. The molecule has 4 rings (SSSR count). The highest BCUT2D eigenvalue weighted by Gasteiger charge is 2.63. The Morgan fingerprint density at radius 3 is 2.38 bits per heavy atom. The minimum atomic E-state index is -0.692. The molecule has 4 aliphatic rings. The van der Waals surface area contributed by atoms with Crippen molar-refractivity contribution in [3.63, 3.8) is 0 Å². The van der Waals surface area contributed by atoms with Gasteiger partial charge < -0.3 is 19.7 Å². The molecule has 162 valence electrons. The maximum Gasteiger partial charge on any atom is 0.302 e. The monoisotopic (exact) mass is 406 g/mol. The molecule has 9 atom stereocenters. The summed E-state index contributed by atoms with van der Waals surface area (Å²) in [6.07, 6.45) is 4.98. The highest BCUT2D eigenvalue weighted by molar-refractivity contribution is 5.66. The zero-order valence-electron chi connectivity index (χ0n) is 17.9. The van der Waals surface area contributed by atoms with Crippen LogP contribution in [0.5, 0.6) is 0 Å². The Hall–Kier alpha value is -1.40. The predicted molar refractivity (Wildman–Crippen MR) is 106 cm³/mol. The number of hydrogen-bond donors (Lipinski definition) is 2. The molecule has 2 N–H and O–H groups in total. The van der Waals surface area contributed by atoms with Crippen LogP contribution in [0, 0.1) is 28.6 Å². The second-order valence-corrected chi connectivity index (χ2v) is 10.2. The molecule has 3 saturated carbocycles. The van der Waals surface area contributed by atoms with Crippen LogP contribution in [0.25, 0.3) is 0 Å². The van der Waals surface area contributed by atoms with Crippen LogP contribution in [0.15, 0.2) is 11.6 Å². The summed E-state index contributed by atoms with van der Waals surface area (Å²) in [6, 6.07) is 0. The van der Waals surface area contributed by atoms with E-state index in [0.717, 1.165) is 25.7 Å². The number of ether oxygens (including phenoxy) is 2. The number of aliphatic hydroxyl groups is 2. The summed E-state index contributed by atoms with van der Waals surface area (Å²) < 4.78 is 10.9. The summed E-state index contributed by atoms with van der Waals surface area (Å²) in [6.45, 7) is 7.21. The van der Waals surface area contributed by atoms with Crippen LogP contribution in [0.2, 0.25) is 0 Å². The van der Waals surface area contributed by atoms with Crippen molar-refractivity contribution in [2.45, 2.75) is 90.6 Å². The fourth-order valence-corrected chi connectivity index (χ4v) is 7.24. The Balaban J connectivity index is 1.63.